The molecule has 110 valence electrons. The van der Waals surface area contributed by atoms with Crippen LogP contribution < -0.4 is 0 Å². The first kappa shape index (κ1) is 14.2. The maximum atomic E-state index is 13.9. The summed E-state index contributed by atoms with van der Waals surface area (Å²) >= 11 is 1.41. The Hall–Kier alpha value is -1.72. The predicted octanol–water partition coefficient (Wildman–Crippen LogP) is 3.01. The van der Waals surface area contributed by atoms with Gasteiger partial charge in [0.05, 0.1) is 10.5 Å². The molecule has 0 spiro atoms. The number of nitrogens with zero attached hydrogens (tertiary/aromatic N) is 1. The summed E-state index contributed by atoms with van der Waals surface area (Å²) in [4.78, 5) is 14.7. The molecule has 3 nitrogen and oxygen atoms in total. The molecule has 1 aromatic heterocycles. The van der Waals surface area contributed by atoms with Gasteiger partial charge in [0.25, 0.3) is 5.91 Å². The molecule has 5 heteroatoms. The molecule has 1 aliphatic heterocycles. The van der Waals surface area contributed by atoms with Crippen LogP contribution in [0.2, 0.25) is 0 Å². The van der Waals surface area contributed by atoms with E-state index in [1.165, 1.54) is 17.4 Å². The average molecular weight is 305 g/mol. The van der Waals surface area contributed by atoms with Gasteiger partial charge in [-0.15, -0.1) is 11.3 Å². The summed E-state index contributed by atoms with van der Waals surface area (Å²) in [6.07, 6.45) is 0.704. The molecule has 1 N–H and O–H groups in total. The van der Waals surface area contributed by atoms with Crippen LogP contribution in [0.3, 0.4) is 0 Å². The van der Waals surface area contributed by atoms with Crippen molar-refractivity contribution in [3.05, 3.63) is 58.0 Å². The maximum Gasteiger partial charge on any atom is 0.263 e. The van der Waals surface area contributed by atoms with Gasteiger partial charge in [0, 0.05) is 18.7 Å². The zero-order valence-electron chi connectivity index (χ0n) is 11.5. The molecule has 0 bridgehead atoms. The Kier molecular flexibility index (Phi) is 3.78. The predicted molar refractivity (Wildman–Crippen MR) is 79.8 cm³/mol. The van der Waals surface area contributed by atoms with Crippen molar-refractivity contribution in [3.63, 3.8) is 0 Å². The van der Waals surface area contributed by atoms with E-state index in [1.807, 2.05) is 11.4 Å². The number of amides is 1. The SMILES string of the molecule is O=C(c1cccs1)N1CCC(O)(c2ccccc2F)CC1. The van der Waals surface area contributed by atoms with Crippen molar-refractivity contribution >= 4 is 17.2 Å². The highest BCUT2D eigenvalue weighted by molar-refractivity contribution is 7.12. The number of carbonyl (C=O) groups is 1. The minimum atomic E-state index is -1.18. The zero-order chi connectivity index (χ0) is 14.9. The molecule has 0 atom stereocenters. The third kappa shape index (κ3) is 2.71. The van der Waals surface area contributed by atoms with Crippen LogP contribution in [-0.4, -0.2) is 29.0 Å². The quantitative estimate of drug-likeness (QED) is 0.926. The average Bonchev–Trinajstić information content (AvgIpc) is 3.02. The highest BCUT2D eigenvalue weighted by Crippen LogP contribution is 2.34. The number of thiophene rings is 1. The van der Waals surface area contributed by atoms with E-state index in [9.17, 15) is 14.3 Å². The van der Waals surface area contributed by atoms with Gasteiger partial charge in [-0.3, -0.25) is 4.79 Å². The molecule has 2 heterocycles. The van der Waals surface area contributed by atoms with Crippen LogP contribution in [0, 0.1) is 5.82 Å². The zero-order valence-corrected chi connectivity index (χ0v) is 12.3. The van der Waals surface area contributed by atoms with Gasteiger partial charge in [-0.2, -0.15) is 0 Å². The molecule has 1 amide bonds. The first-order valence-electron chi connectivity index (χ1n) is 6.90. The Morgan fingerprint density at radius 1 is 1.19 bits per heavy atom. The summed E-state index contributed by atoms with van der Waals surface area (Å²) in [5.74, 6) is -0.404. The first-order valence-corrected chi connectivity index (χ1v) is 7.78. The Morgan fingerprint density at radius 3 is 2.52 bits per heavy atom. The maximum absolute atomic E-state index is 13.9. The molecule has 2 aromatic rings. The van der Waals surface area contributed by atoms with Gasteiger partial charge in [0.15, 0.2) is 0 Å². The van der Waals surface area contributed by atoms with E-state index in [2.05, 4.69) is 0 Å². The van der Waals surface area contributed by atoms with Gasteiger partial charge < -0.3 is 10.0 Å². The van der Waals surface area contributed by atoms with Crippen LogP contribution in [0.5, 0.6) is 0 Å². The third-order valence-electron chi connectivity index (χ3n) is 3.98. The van der Waals surface area contributed by atoms with Crippen molar-refractivity contribution in [1.29, 1.82) is 0 Å². The van der Waals surface area contributed by atoms with Crippen molar-refractivity contribution < 1.29 is 14.3 Å². The standard InChI is InChI=1S/C16H16FNO2S/c17-13-5-2-1-4-12(13)16(20)7-9-18(10-8-16)15(19)14-6-3-11-21-14/h1-6,11,20H,7-10H2. The molecule has 3 rings (SSSR count). The summed E-state index contributed by atoms with van der Waals surface area (Å²) < 4.78 is 13.9. The molecule has 1 saturated heterocycles. The summed E-state index contributed by atoms with van der Waals surface area (Å²) in [5.41, 5.74) is -0.856. The Labute approximate surface area is 126 Å². The van der Waals surface area contributed by atoms with E-state index in [0.717, 1.165) is 0 Å². The molecule has 1 aliphatic rings. The Bertz CT molecular complexity index is 633. The lowest BCUT2D eigenvalue weighted by Gasteiger charge is -2.38. The van der Waals surface area contributed by atoms with Crippen molar-refractivity contribution in [3.8, 4) is 0 Å². The van der Waals surface area contributed by atoms with Crippen molar-refractivity contribution in [1.82, 2.24) is 4.90 Å². The minimum absolute atomic E-state index is 0.0133. The van der Waals surface area contributed by atoms with Crippen LogP contribution in [0.25, 0.3) is 0 Å². The molecule has 1 fully saturated rings. The van der Waals surface area contributed by atoms with E-state index < -0.39 is 11.4 Å². The lowest BCUT2D eigenvalue weighted by Crippen LogP contribution is -2.45. The molecule has 1 aromatic carbocycles. The van der Waals surface area contributed by atoms with E-state index in [4.69, 9.17) is 0 Å². The van der Waals surface area contributed by atoms with Gasteiger partial charge in [-0.05, 0) is 30.4 Å². The number of aliphatic hydroxyl groups is 1. The second-order valence-electron chi connectivity index (χ2n) is 5.28. The number of rotatable bonds is 2. The number of likely N-dealkylation sites (tertiary alicyclic amines) is 1. The second-order valence-corrected chi connectivity index (χ2v) is 6.23. The topological polar surface area (TPSA) is 40.5 Å². The number of benzene rings is 1. The van der Waals surface area contributed by atoms with E-state index in [-0.39, 0.29) is 5.91 Å². The first-order chi connectivity index (χ1) is 10.1. The van der Waals surface area contributed by atoms with Crippen molar-refractivity contribution in [2.75, 3.05) is 13.1 Å². The normalized spacial score (nSPS) is 17.7. The lowest BCUT2D eigenvalue weighted by atomic mass is 9.84. The van der Waals surface area contributed by atoms with Crippen LogP contribution in [0.1, 0.15) is 28.1 Å². The molecular formula is C16H16FNO2S. The van der Waals surface area contributed by atoms with Gasteiger partial charge in [0.2, 0.25) is 0 Å². The highest BCUT2D eigenvalue weighted by atomic mass is 32.1. The third-order valence-corrected chi connectivity index (χ3v) is 4.84. The number of hydrogen-bond acceptors (Lipinski definition) is 3. The molecule has 0 saturated carbocycles. The fraction of sp³-hybridized carbons (Fsp3) is 0.312. The smallest absolute Gasteiger partial charge is 0.263 e. The number of hydrogen-bond donors (Lipinski definition) is 1. The Morgan fingerprint density at radius 2 is 1.90 bits per heavy atom. The molecule has 0 radical (unpaired) electrons. The van der Waals surface area contributed by atoms with Gasteiger partial charge in [0.1, 0.15) is 5.82 Å². The minimum Gasteiger partial charge on any atom is -0.385 e. The van der Waals surface area contributed by atoms with Gasteiger partial charge >= 0.3 is 0 Å². The summed E-state index contributed by atoms with van der Waals surface area (Å²) in [6.45, 7) is 0.864. The van der Waals surface area contributed by atoms with E-state index in [0.29, 0.717) is 36.4 Å². The number of halogens is 1. The van der Waals surface area contributed by atoms with Crippen LogP contribution >= 0.6 is 11.3 Å². The molecule has 0 aliphatic carbocycles. The molecular weight excluding hydrogens is 289 g/mol. The molecule has 0 unspecified atom stereocenters. The Balaban J connectivity index is 1.73. The summed E-state index contributed by atoms with van der Waals surface area (Å²) in [6, 6.07) is 9.95. The van der Waals surface area contributed by atoms with Crippen LogP contribution in [0.15, 0.2) is 41.8 Å². The monoisotopic (exact) mass is 305 g/mol. The fourth-order valence-corrected chi connectivity index (χ4v) is 3.43. The van der Waals surface area contributed by atoms with Gasteiger partial charge in [-0.1, -0.05) is 24.3 Å². The second kappa shape index (κ2) is 5.58. The fourth-order valence-electron chi connectivity index (χ4n) is 2.74. The van der Waals surface area contributed by atoms with Crippen molar-refractivity contribution in [2.45, 2.75) is 18.4 Å². The molecule has 21 heavy (non-hydrogen) atoms. The number of piperidine rings is 1. The van der Waals surface area contributed by atoms with Gasteiger partial charge in [-0.25, -0.2) is 4.39 Å². The van der Waals surface area contributed by atoms with Crippen LogP contribution in [0.4, 0.5) is 4.39 Å². The summed E-state index contributed by atoms with van der Waals surface area (Å²) in [7, 11) is 0. The largest absolute Gasteiger partial charge is 0.385 e. The summed E-state index contributed by atoms with van der Waals surface area (Å²) in [5, 5.41) is 12.5. The van der Waals surface area contributed by atoms with E-state index in [1.54, 1.807) is 29.2 Å². The van der Waals surface area contributed by atoms with Crippen molar-refractivity contribution in [2.24, 2.45) is 0 Å². The van der Waals surface area contributed by atoms with Crippen LogP contribution in [-0.2, 0) is 5.60 Å². The lowest BCUT2D eigenvalue weighted by molar-refractivity contribution is -0.0234. The van der Waals surface area contributed by atoms with E-state index >= 15 is 0 Å². The highest BCUT2D eigenvalue weighted by Gasteiger charge is 2.37. The number of carbonyl (C=O) groups excluding carboxylic acids is 1.